The molecule has 5 nitrogen and oxygen atoms in total. The molecule has 1 atom stereocenters. The Balaban J connectivity index is 2.24. The summed E-state index contributed by atoms with van der Waals surface area (Å²) in [7, 11) is 1.68. The van der Waals surface area contributed by atoms with Gasteiger partial charge in [-0.15, -0.1) is 0 Å². The Hall–Kier alpha value is -0.810. The topological polar surface area (TPSA) is 71.7 Å². The first-order valence-electron chi connectivity index (χ1n) is 5.02. The highest BCUT2D eigenvalue weighted by molar-refractivity contribution is 5.79. The van der Waals surface area contributed by atoms with E-state index in [1.54, 1.807) is 7.11 Å². The van der Waals surface area contributed by atoms with Gasteiger partial charge < -0.3 is 10.1 Å². The summed E-state index contributed by atoms with van der Waals surface area (Å²) >= 11 is 0. The molecule has 0 heterocycles. The Morgan fingerprint density at radius 2 is 2.36 bits per heavy atom. The SMILES string of the molecule is COCC(C)NC(=NCC1CC1)NN. The lowest BCUT2D eigenvalue weighted by Gasteiger charge is -2.15. The molecule has 1 unspecified atom stereocenters. The van der Waals surface area contributed by atoms with Crippen LogP contribution < -0.4 is 16.6 Å². The summed E-state index contributed by atoms with van der Waals surface area (Å²) in [5.74, 6) is 6.77. The van der Waals surface area contributed by atoms with Crippen LogP contribution >= 0.6 is 0 Å². The Labute approximate surface area is 85.1 Å². The third-order valence-corrected chi connectivity index (χ3v) is 2.14. The molecule has 0 aromatic rings. The lowest BCUT2D eigenvalue weighted by Crippen LogP contribution is -2.47. The molecule has 0 amide bonds. The van der Waals surface area contributed by atoms with Gasteiger partial charge in [-0.1, -0.05) is 0 Å². The molecule has 1 saturated carbocycles. The Bertz CT molecular complexity index is 191. The molecule has 1 rings (SSSR count). The second-order valence-electron chi connectivity index (χ2n) is 3.78. The van der Waals surface area contributed by atoms with E-state index in [4.69, 9.17) is 10.6 Å². The highest BCUT2D eigenvalue weighted by Gasteiger charge is 2.20. The molecule has 0 aromatic carbocycles. The molecular weight excluding hydrogens is 180 g/mol. The maximum Gasteiger partial charge on any atom is 0.206 e. The molecule has 0 aromatic heterocycles. The van der Waals surface area contributed by atoms with Crippen molar-refractivity contribution in [2.75, 3.05) is 20.3 Å². The highest BCUT2D eigenvalue weighted by atomic mass is 16.5. The third kappa shape index (κ3) is 4.43. The average molecular weight is 200 g/mol. The lowest BCUT2D eigenvalue weighted by atomic mass is 10.4. The second-order valence-corrected chi connectivity index (χ2v) is 3.78. The van der Waals surface area contributed by atoms with Gasteiger partial charge in [-0.25, -0.2) is 5.84 Å². The van der Waals surface area contributed by atoms with Crippen LogP contribution in [0.2, 0.25) is 0 Å². The van der Waals surface area contributed by atoms with Gasteiger partial charge in [0.05, 0.1) is 6.61 Å². The fourth-order valence-corrected chi connectivity index (χ4v) is 1.18. The molecule has 0 radical (unpaired) electrons. The predicted octanol–water partition coefficient (Wildman–Crippen LogP) is -0.160. The monoisotopic (exact) mass is 200 g/mol. The molecule has 0 spiro atoms. The number of nitrogens with zero attached hydrogens (tertiary/aromatic N) is 1. The van der Waals surface area contributed by atoms with Crippen LogP contribution in [0.3, 0.4) is 0 Å². The third-order valence-electron chi connectivity index (χ3n) is 2.14. The molecule has 4 N–H and O–H groups in total. The van der Waals surface area contributed by atoms with Gasteiger partial charge in [0.1, 0.15) is 0 Å². The van der Waals surface area contributed by atoms with E-state index in [1.807, 2.05) is 6.92 Å². The van der Waals surface area contributed by atoms with Crippen molar-refractivity contribution in [2.45, 2.75) is 25.8 Å². The molecule has 0 saturated heterocycles. The summed E-state index contributed by atoms with van der Waals surface area (Å²) in [6, 6.07) is 0.217. The van der Waals surface area contributed by atoms with Crippen molar-refractivity contribution < 1.29 is 4.74 Å². The number of methoxy groups -OCH3 is 1. The van der Waals surface area contributed by atoms with Crippen molar-refractivity contribution in [3.8, 4) is 0 Å². The van der Waals surface area contributed by atoms with Gasteiger partial charge in [-0.2, -0.15) is 0 Å². The summed E-state index contributed by atoms with van der Waals surface area (Å²) in [5.41, 5.74) is 2.56. The maximum absolute atomic E-state index is 5.34. The van der Waals surface area contributed by atoms with E-state index < -0.39 is 0 Å². The number of hydrazine groups is 1. The van der Waals surface area contributed by atoms with Gasteiger partial charge in [0, 0.05) is 19.7 Å². The van der Waals surface area contributed by atoms with Gasteiger partial charge >= 0.3 is 0 Å². The van der Waals surface area contributed by atoms with Crippen LogP contribution in [0.4, 0.5) is 0 Å². The molecule has 82 valence electrons. The van der Waals surface area contributed by atoms with Crippen molar-refractivity contribution in [2.24, 2.45) is 16.8 Å². The summed E-state index contributed by atoms with van der Waals surface area (Å²) < 4.78 is 5.00. The summed E-state index contributed by atoms with van der Waals surface area (Å²) in [5, 5.41) is 3.14. The predicted molar refractivity (Wildman–Crippen MR) is 56.8 cm³/mol. The van der Waals surface area contributed by atoms with Gasteiger partial charge in [0.15, 0.2) is 0 Å². The first-order chi connectivity index (χ1) is 6.76. The van der Waals surface area contributed by atoms with Crippen LogP contribution in [0.5, 0.6) is 0 Å². The van der Waals surface area contributed by atoms with Gasteiger partial charge in [0.25, 0.3) is 0 Å². The number of nitrogens with two attached hydrogens (primary N) is 1. The lowest BCUT2D eigenvalue weighted by molar-refractivity contribution is 0.179. The fourth-order valence-electron chi connectivity index (χ4n) is 1.18. The maximum atomic E-state index is 5.34. The van der Waals surface area contributed by atoms with Crippen molar-refractivity contribution in [3.05, 3.63) is 0 Å². The Kier molecular flexibility index (Phi) is 4.69. The average Bonchev–Trinajstić information content (AvgIpc) is 2.96. The van der Waals surface area contributed by atoms with Gasteiger partial charge in [0.2, 0.25) is 5.96 Å². The van der Waals surface area contributed by atoms with E-state index in [0.717, 1.165) is 12.5 Å². The Morgan fingerprint density at radius 3 is 2.86 bits per heavy atom. The molecule has 0 bridgehead atoms. The standard InChI is InChI=1S/C9H20N4O/c1-7(6-14-2)12-9(13-10)11-5-8-3-4-8/h7-8H,3-6,10H2,1-2H3,(H2,11,12,13). The highest BCUT2D eigenvalue weighted by Crippen LogP contribution is 2.28. The summed E-state index contributed by atoms with van der Waals surface area (Å²) in [6.45, 7) is 3.53. The minimum atomic E-state index is 0.217. The van der Waals surface area contributed by atoms with Crippen molar-refractivity contribution in [1.82, 2.24) is 10.7 Å². The first kappa shape index (κ1) is 11.3. The van der Waals surface area contributed by atoms with Crippen molar-refractivity contribution in [3.63, 3.8) is 0 Å². The van der Waals surface area contributed by atoms with Crippen LogP contribution in [-0.4, -0.2) is 32.3 Å². The number of nitrogens with one attached hydrogen (secondary N) is 2. The minimum absolute atomic E-state index is 0.217. The molecule has 5 heteroatoms. The van der Waals surface area contributed by atoms with E-state index in [2.05, 4.69) is 15.7 Å². The van der Waals surface area contributed by atoms with Crippen LogP contribution in [0.1, 0.15) is 19.8 Å². The zero-order valence-corrected chi connectivity index (χ0v) is 8.92. The van der Waals surface area contributed by atoms with Gasteiger partial charge in [-0.3, -0.25) is 10.4 Å². The Morgan fingerprint density at radius 1 is 1.64 bits per heavy atom. The van der Waals surface area contributed by atoms with E-state index in [0.29, 0.717) is 12.6 Å². The smallest absolute Gasteiger partial charge is 0.206 e. The van der Waals surface area contributed by atoms with Crippen LogP contribution in [-0.2, 0) is 4.74 Å². The van der Waals surface area contributed by atoms with E-state index in [1.165, 1.54) is 12.8 Å². The first-order valence-corrected chi connectivity index (χ1v) is 5.02. The largest absolute Gasteiger partial charge is 0.383 e. The van der Waals surface area contributed by atoms with Crippen LogP contribution in [0.15, 0.2) is 4.99 Å². The van der Waals surface area contributed by atoms with E-state index in [9.17, 15) is 0 Å². The number of ether oxygens (including phenoxy) is 1. The summed E-state index contributed by atoms with van der Waals surface area (Å²) in [6.07, 6.45) is 2.60. The number of aliphatic imine (C=N–C) groups is 1. The van der Waals surface area contributed by atoms with E-state index in [-0.39, 0.29) is 6.04 Å². The molecule has 1 aliphatic carbocycles. The second kappa shape index (κ2) is 5.82. The summed E-state index contributed by atoms with van der Waals surface area (Å²) in [4.78, 5) is 4.34. The van der Waals surface area contributed by atoms with E-state index >= 15 is 0 Å². The molecule has 1 aliphatic rings. The number of rotatable bonds is 5. The zero-order chi connectivity index (χ0) is 10.4. The number of hydrogen-bond donors (Lipinski definition) is 3. The molecular formula is C9H20N4O. The zero-order valence-electron chi connectivity index (χ0n) is 8.92. The molecule has 0 aliphatic heterocycles. The molecule has 14 heavy (non-hydrogen) atoms. The number of hydrogen-bond acceptors (Lipinski definition) is 3. The quantitative estimate of drug-likeness (QED) is 0.249. The fraction of sp³-hybridized carbons (Fsp3) is 0.889. The van der Waals surface area contributed by atoms with Gasteiger partial charge in [-0.05, 0) is 25.7 Å². The van der Waals surface area contributed by atoms with Crippen molar-refractivity contribution in [1.29, 1.82) is 0 Å². The van der Waals surface area contributed by atoms with Crippen LogP contribution in [0, 0.1) is 5.92 Å². The van der Waals surface area contributed by atoms with Crippen molar-refractivity contribution >= 4 is 5.96 Å². The molecule has 1 fully saturated rings. The number of guanidine groups is 1. The van der Waals surface area contributed by atoms with Crippen LogP contribution in [0.25, 0.3) is 0 Å². The normalized spacial score (nSPS) is 19.2. The minimum Gasteiger partial charge on any atom is -0.383 e.